The molecule has 1 aromatic rings. The minimum atomic E-state index is -1.11. The number of likely N-dealkylation sites (tertiary alicyclic amines) is 1. The first-order valence-corrected chi connectivity index (χ1v) is 12.2. The molecule has 3 aliphatic rings. The largest absolute Gasteiger partial charge is 0.461 e. The summed E-state index contributed by atoms with van der Waals surface area (Å²) in [6, 6.07) is 4.92. The summed E-state index contributed by atoms with van der Waals surface area (Å²) in [7, 11) is 0. The van der Waals surface area contributed by atoms with Crippen molar-refractivity contribution in [2.24, 2.45) is 11.8 Å². The standard InChI is InChI=1S/C27H34N2O6/c1-5-13-28(22-17(3)9-7-10-18(22)4)25(32)23-27-12-11-19(35-27)20(26(33)34-16-6-2)21(27)24(31)29(23)14-8-15-30/h5-7,9-10,19-21,23,30H,1-2,8,11-16H2,3-4H3/t19-,20+,21+,23?,27?/m1/s1. The van der Waals surface area contributed by atoms with Crippen LogP contribution < -0.4 is 4.90 Å². The number of benzene rings is 1. The van der Waals surface area contributed by atoms with Crippen LogP contribution in [0, 0.1) is 25.7 Å². The van der Waals surface area contributed by atoms with E-state index in [-0.39, 0.29) is 38.1 Å². The first-order valence-electron chi connectivity index (χ1n) is 12.2. The molecule has 0 aromatic heterocycles. The molecule has 0 aliphatic carbocycles. The highest BCUT2D eigenvalue weighted by Crippen LogP contribution is 2.59. The second-order valence-electron chi connectivity index (χ2n) is 9.56. The fourth-order valence-electron chi connectivity index (χ4n) is 6.22. The van der Waals surface area contributed by atoms with Gasteiger partial charge in [-0.25, -0.2) is 0 Å². The number of ether oxygens (including phenoxy) is 2. The van der Waals surface area contributed by atoms with E-state index in [1.807, 2.05) is 32.0 Å². The van der Waals surface area contributed by atoms with Crippen LogP contribution in [0.5, 0.6) is 0 Å². The summed E-state index contributed by atoms with van der Waals surface area (Å²) in [5.74, 6) is -2.62. The summed E-state index contributed by atoms with van der Waals surface area (Å²) >= 11 is 0. The monoisotopic (exact) mass is 482 g/mol. The van der Waals surface area contributed by atoms with Crippen LogP contribution in [-0.2, 0) is 23.9 Å². The first kappa shape index (κ1) is 25.1. The maximum Gasteiger partial charge on any atom is 0.312 e. The van der Waals surface area contributed by atoms with Crippen LogP contribution in [0.2, 0.25) is 0 Å². The van der Waals surface area contributed by atoms with Gasteiger partial charge in [-0.2, -0.15) is 0 Å². The molecule has 8 nitrogen and oxygen atoms in total. The number of aryl methyl sites for hydroxylation is 2. The molecular formula is C27H34N2O6. The zero-order valence-corrected chi connectivity index (χ0v) is 20.4. The van der Waals surface area contributed by atoms with Crippen molar-refractivity contribution >= 4 is 23.5 Å². The van der Waals surface area contributed by atoms with Crippen LogP contribution >= 0.6 is 0 Å². The number of para-hydroxylation sites is 1. The lowest BCUT2D eigenvalue weighted by molar-refractivity contribution is -0.154. The average Bonchev–Trinajstić information content (AvgIpc) is 3.47. The Hall–Kier alpha value is -2.97. The Morgan fingerprint density at radius 2 is 2.00 bits per heavy atom. The van der Waals surface area contributed by atoms with E-state index in [2.05, 4.69) is 13.2 Å². The van der Waals surface area contributed by atoms with Gasteiger partial charge in [0.1, 0.15) is 18.2 Å². The predicted molar refractivity (Wildman–Crippen MR) is 131 cm³/mol. The molecule has 2 bridgehead atoms. The molecule has 3 fully saturated rings. The molecule has 1 N–H and O–H groups in total. The summed E-state index contributed by atoms with van der Waals surface area (Å²) in [6.07, 6.45) is 4.06. The molecule has 2 unspecified atom stereocenters. The van der Waals surface area contributed by atoms with Gasteiger partial charge in [-0.05, 0) is 44.2 Å². The van der Waals surface area contributed by atoms with Crippen molar-refractivity contribution in [1.29, 1.82) is 0 Å². The molecule has 3 heterocycles. The number of aliphatic hydroxyl groups is 1. The van der Waals surface area contributed by atoms with Crippen molar-refractivity contribution in [3.63, 3.8) is 0 Å². The number of anilines is 1. The molecule has 188 valence electrons. The molecule has 1 spiro atoms. The van der Waals surface area contributed by atoms with Crippen LogP contribution in [0.1, 0.15) is 30.4 Å². The normalized spacial score (nSPS) is 28.7. The zero-order chi connectivity index (χ0) is 25.3. The number of hydrogen-bond donors (Lipinski definition) is 1. The Kier molecular flexibility index (Phi) is 7.15. The minimum Gasteiger partial charge on any atom is -0.461 e. The van der Waals surface area contributed by atoms with Crippen molar-refractivity contribution in [3.8, 4) is 0 Å². The van der Waals surface area contributed by atoms with Crippen LogP contribution in [0.3, 0.4) is 0 Å². The molecule has 1 aromatic carbocycles. The second kappa shape index (κ2) is 9.95. The Labute approximate surface area is 206 Å². The summed E-state index contributed by atoms with van der Waals surface area (Å²) in [5.41, 5.74) is 1.54. The van der Waals surface area contributed by atoms with Crippen molar-refractivity contribution in [2.75, 3.05) is 31.2 Å². The molecule has 2 amide bonds. The SMILES string of the molecule is C=CCOC(=O)[C@@H]1[C@H]2C(=O)N(CCCO)C(C(=O)N(CC=C)c3c(C)cccc3C)C23CC[C@H]1O3. The van der Waals surface area contributed by atoms with Crippen molar-refractivity contribution in [1.82, 2.24) is 4.90 Å². The first-order chi connectivity index (χ1) is 16.8. The van der Waals surface area contributed by atoms with E-state index < -0.39 is 35.6 Å². The number of hydrogen-bond acceptors (Lipinski definition) is 6. The highest BCUT2D eigenvalue weighted by Gasteiger charge is 2.75. The lowest BCUT2D eigenvalue weighted by Gasteiger charge is -2.37. The summed E-state index contributed by atoms with van der Waals surface area (Å²) < 4.78 is 11.7. The highest BCUT2D eigenvalue weighted by molar-refractivity contribution is 6.05. The van der Waals surface area contributed by atoms with Gasteiger partial charge >= 0.3 is 5.97 Å². The van der Waals surface area contributed by atoms with Gasteiger partial charge < -0.3 is 24.4 Å². The number of carbonyl (C=O) groups excluding carboxylic acids is 3. The van der Waals surface area contributed by atoms with E-state index in [0.29, 0.717) is 19.3 Å². The number of rotatable bonds is 10. The quantitative estimate of drug-likeness (QED) is 0.406. The fraction of sp³-hybridized carbons (Fsp3) is 0.519. The molecule has 4 rings (SSSR count). The maximum atomic E-state index is 14.3. The highest BCUT2D eigenvalue weighted by atomic mass is 16.6. The van der Waals surface area contributed by atoms with Gasteiger partial charge in [0, 0.05) is 25.4 Å². The van der Waals surface area contributed by atoms with E-state index in [0.717, 1.165) is 16.8 Å². The number of nitrogens with zero attached hydrogens (tertiary/aromatic N) is 2. The molecular weight excluding hydrogens is 448 g/mol. The van der Waals surface area contributed by atoms with Crippen LogP contribution in [0.15, 0.2) is 43.5 Å². The third kappa shape index (κ3) is 3.98. The van der Waals surface area contributed by atoms with Gasteiger partial charge in [0.2, 0.25) is 5.91 Å². The van der Waals surface area contributed by atoms with Gasteiger partial charge in [0.25, 0.3) is 5.91 Å². The molecule has 3 saturated heterocycles. The average molecular weight is 483 g/mol. The fourth-order valence-corrected chi connectivity index (χ4v) is 6.22. The number of aliphatic hydroxyl groups excluding tert-OH is 1. The van der Waals surface area contributed by atoms with E-state index in [1.165, 1.54) is 11.0 Å². The van der Waals surface area contributed by atoms with E-state index in [1.54, 1.807) is 11.0 Å². The van der Waals surface area contributed by atoms with Crippen LogP contribution in [0.25, 0.3) is 0 Å². The predicted octanol–water partition coefficient (Wildman–Crippen LogP) is 2.31. The smallest absolute Gasteiger partial charge is 0.312 e. The van der Waals surface area contributed by atoms with Crippen LogP contribution in [-0.4, -0.2) is 71.8 Å². The Morgan fingerprint density at radius 3 is 2.63 bits per heavy atom. The molecule has 0 saturated carbocycles. The number of esters is 1. The molecule has 5 atom stereocenters. The zero-order valence-electron chi connectivity index (χ0n) is 20.4. The molecule has 35 heavy (non-hydrogen) atoms. The lowest BCUT2D eigenvalue weighted by Crippen LogP contribution is -2.56. The maximum absolute atomic E-state index is 14.3. The third-order valence-electron chi connectivity index (χ3n) is 7.49. The minimum absolute atomic E-state index is 0.0478. The van der Waals surface area contributed by atoms with Crippen molar-refractivity contribution < 1.29 is 29.0 Å². The van der Waals surface area contributed by atoms with Gasteiger partial charge in [0.05, 0.1) is 17.9 Å². The summed E-state index contributed by atoms with van der Waals surface area (Å²) in [5, 5.41) is 9.49. The Morgan fingerprint density at radius 1 is 1.29 bits per heavy atom. The molecule has 8 heteroatoms. The number of carbonyl (C=O) groups is 3. The Balaban J connectivity index is 1.78. The van der Waals surface area contributed by atoms with Crippen molar-refractivity contribution in [2.45, 2.75) is 50.9 Å². The Bertz CT molecular complexity index is 1020. The van der Waals surface area contributed by atoms with E-state index in [9.17, 15) is 19.5 Å². The number of fused-ring (bicyclic) bond motifs is 1. The van der Waals surface area contributed by atoms with Gasteiger partial charge in [-0.3, -0.25) is 14.4 Å². The topological polar surface area (TPSA) is 96.4 Å². The molecule has 0 radical (unpaired) electrons. The lowest BCUT2D eigenvalue weighted by atomic mass is 9.70. The molecule has 3 aliphatic heterocycles. The second-order valence-corrected chi connectivity index (χ2v) is 9.56. The van der Waals surface area contributed by atoms with Crippen molar-refractivity contribution in [3.05, 3.63) is 54.6 Å². The van der Waals surface area contributed by atoms with Gasteiger partial charge in [0.15, 0.2) is 0 Å². The summed E-state index contributed by atoms with van der Waals surface area (Å²) in [4.78, 5) is 44.3. The van der Waals surface area contributed by atoms with Crippen LogP contribution in [0.4, 0.5) is 5.69 Å². The van der Waals surface area contributed by atoms with Gasteiger partial charge in [-0.1, -0.05) is 36.9 Å². The van der Waals surface area contributed by atoms with E-state index in [4.69, 9.17) is 9.47 Å². The summed E-state index contributed by atoms with van der Waals surface area (Å²) in [6.45, 7) is 11.7. The third-order valence-corrected chi connectivity index (χ3v) is 7.49. The van der Waals surface area contributed by atoms with E-state index >= 15 is 0 Å². The van der Waals surface area contributed by atoms with Gasteiger partial charge in [-0.15, -0.1) is 6.58 Å². The number of amides is 2.